The van der Waals surface area contributed by atoms with E-state index < -0.39 is 6.80 Å². The van der Waals surface area contributed by atoms with Crippen molar-refractivity contribution in [3.8, 4) is 0 Å². The lowest BCUT2D eigenvalue weighted by atomic mass is 10.2. The van der Waals surface area contributed by atoms with E-state index in [0.717, 1.165) is 6.42 Å². The van der Waals surface area contributed by atoms with Gasteiger partial charge in [0.15, 0.2) is 0 Å². The van der Waals surface area contributed by atoms with Gasteiger partial charge in [-0.3, -0.25) is 5.32 Å². The van der Waals surface area contributed by atoms with Gasteiger partial charge in [-0.1, -0.05) is 0 Å². The van der Waals surface area contributed by atoms with Crippen molar-refractivity contribution in [2.75, 3.05) is 13.4 Å². The zero-order chi connectivity index (χ0) is 6.53. The average Bonchev–Trinajstić information content (AvgIpc) is 1.91. The molecular formula is C6H10FNO. The van der Waals surface area contributed by atoms with Gasteiger partial charge in [0.1, 0.15) is 13.4 Å². The second-order valence-electron chi connectivity index (χ2n) is 1.98. The largest absolute Gasteiger partial charge is 0.500 e. The maximum atomic E-state index is 11.6. The van der Waals surface area contributed by atoms with Gasteiger partial charge in [0.25, 0.3) is 0 Å². The third-order valence-corrected chi connectivity index (χ3v) is 1.28. The Kier molecular flexibility index (Phi) is 2.51. The van der Waals surface area contributed by atoms with Crippen molar-refractivity contribution in [2.45, 2.75) is 12.5 Å². The second kappa shape index (κ2) is 3.45. The smallest absolute Gasteiger partial charge is 0.140 e. The minimum Gasteiger partial charge on any atom is -0.500 e. The van der Waals surface area contributed by atoms with Crippen LogP contribution in [-0.2, 0) is 4.74 Å². The van der Waals surface area contributed by atoms with E-state index in [4.69, 9.17) is 4.74 Å². The van der Waals surface area contributed by atoms with E-state index in [0.29, 0.717) is 6.61 Å². The summed E-state index contributed by atoms with van der Waals surface area (Å²) in [5.41, 5.74) is 0. The Labute approximate surface area is 53.7 Å². The Hall–Kier alpha value is -0.570. The molecule has 0 aromatic carbocycles. The summed E-state index contributed by atoms with van der Waals surface area (Å²) in [6, 6.07) is 0.167. The Morgan fingerprint density at radius 3 is 3.22 bits per heavy atom. The number of nitrogens with one attached hydrogen (secondary N) is 1. The summed E-state index contributed by atoms with van der Waals surface area (Å²) in [5.74, 6) is 0. The third kappa shape index (κ3) is 2.01. The van der Waals surface area contributed by atoms with Crippen molar-refractivity contribution < 1.29 is 9.13 Å². The first-order valence-corrected chi connectivity index (χ1v) is 2.99. The summed E-state index contributed by atoms with van der Waals surface area (Å²) in [5, 5.41) is 2.64. The van der Waals surface area contributed by atoms with E-state index in [1.807, 2.05) is 6.08 Å². The monoisotopic (exact) mass is 131 g/mol. The molecule has 0 fully saturated rings. The molecule has 1 aliphatic rings. The van der Waals surface area contributed by atoms with Gasteiger partial charge in [0.05, 0.1) is 6.26 Å². The number of hydrogen-bond acceptors (Lipinski definition) is 2. The zero-order valence-corrected chi connectivity index (χ0v) is 5.14. The van der Waals surface area contributed by atoms with Crippen molar-refractivity contribution >= 4 is 0 Å². The standard InChI is InChI=1S/C6H10FNO/c7-5-8-6-2-1-3-9-4-6/h1,3,6,8H,2,4-5H2. The van der Waals surface area contributed by atoms with Gasteiger partial charge in [0, 0.05) is 6.04 Å². The summed E-state index contributed by atoms with van der Waals surface area (Å²) >= 11 is 0. The number of rotatable bonds is 2. The predicted molar refractivity (Wildman–Crippen MR) is 32.6 cm³/mol. The van der Waals surface area contributed by atoms with Crippen LogP contribution < -0.4 is 5.32 Å². The van der Waals surface area contributed by atoms with Crippen molar-refractivity contribution in [3.05, 3.63) is 12.3 Å². The lowest BCUT2D eigenvalue weighted by Gasteiger charge is -2.17. The first-order chi connectivity index (χ1) is 4.43. The normalized spacial score (nSPS) is 25.7. The number of hydrogen-bond donors (Lipinski definition) is 1. The molecule has 0 aromatic heterocycles. The molecular weight excluding hydrogens is 121 g/mol. The molecule has 1 heterocycles. The van der Waals surface area contributed by atoms with E-state index >= 15 is 0 Å². The molecule has 9 heavy (non-hydrogen) atoms. The quantitative estimate of drug-likeness (QED) is 0.560. The van der Waals surface area contributed by atoms with Gasteiger partial charge in [-0.15, -0.1) is 0 Å². The van der Waals surface area contributed by atoms with Gasteiger partial charge in [-0.2, -0.15) is 0 Å². The highest BCUT2D eigenvalue weighted by molar-refractivity contribution is 4.85. The van der Waals surface area contributed by atoms with Gasteiger partial charge < -0.3 is 4.74 Å². The fourth-order valence-electron chi connectivity index (χ4n) is 0.779. The Balaban J connectivity index is 2.18. The number of halogens is 1. The lowest BCUT2D eigenvalue weighted by molar-refractivity contribution is 0.183. The van der Waals surface area contributed by atoms with E-state index in [9.17, 15) is 4.39 Å². The van der Waals surface area contributed by atoms with Crippen LogP contribution in [0.25, 0.3) is 0 Å². The maximum Gasteiger partial charge on any atom is 0.140 e. The minimum atomic E-state index is -0.470. The van der Waals surface area contributed by atoms with Crippen molar-refractivity contribution in [3.63, 3.8) is 0 Å². The van der Waals surface area contributed by atoms with Crippen LogP contribution in [0.5, 0.6) is 0 Å². The summed E-state index contributed by atoms with van der Waals surface area (Å²) in [6.45, 7) is 0.113. The second-order valence-corrected chi connectivity index (χ2v) is 1.98. The molecule has 1 atom stereocenters. The molecule has 52 valence electrons. The molecule has 0 aromatic rings. The summed E-state index contributed by atoms with van der Waals surface area (Å²) < 4.78 is 16.5. The lowest BCUT2D eigenvalue weighted by Crippen LogP contribution is -2.33. The topological polar surface area (TPSA) is 21.3 Å². The van der Waals surface area contributed by atoms with Crippen molar-refractivity contribution in [1.82, 2.24) is 5.32 Å². The van der Waals surface area contributed by atoms with Crippen molar-refractivity contribution in [2.24, 2.45) is 0 Å². The van der Waals surface area contributed by atoms with Crippen LogP contribution in [0.3, 0.4) is 0 Å². The molecule has 1 unspecified atom stereocenters. The Morgan fingerprint density at radius 2 is 2.67 bits per heavy atom. The summed E-state index contributed by atoms with van der Waals surface area (Å²) in [7, 11) is 0. The number of ether oxygens (including phenoxy) is 1. The molecule has 0 saturated heterocycles. The highest BCUT2D eigenvalue weighted by atomic mass is 19.1. The molecule has 1 N–H and O–H groups in total. The summed E-state index contributed by atoms with van der Waals surface area (Å²) in [6.07, 6.45) is 4.40. The maximum absolute atomic E-state index is 11.6. The van der Waals surface area contributed by atoms with Crippen molar-refractivity contribution in [1.29, 1.82) is 0 Å². The SMILES string of the molecule is FCNC1CC=COC1. The highest BCUT2D eigenvalue weighted by Gasteiger charge is 2.07. The average molecular weight is 131 g/mol. The molecule has 3 heteroatoms. The predicted octanol–water partition coefficient (Wildman–Crippen LogP) is 0.806. The molecule has 0 bridgehead atoms. The Bertz CT molecular complexity index is 105. The van der Waals surface area contributed by atoms with Crippen LogP contribution in [-0.4, -0.2) is 19.4 Å². The van der Waals surface area contributed by atoms with E-state index in [1.54, 1.807) is 6.26 Å². The molecule has 0 spiro atoms. The van der Waals surface area contributed by atoms with Crippen LogP contribution in [0.4, 0.5) is 4.39 Å². The fourth-order valence-corrected chi connectivity index (χ4v) is 0.779. The zero-order valence-electron chi connectivity index (χ0n) is 5.14. The first-order valence-electron chi connectivity index (χ1n) is 2.99. The van der Waals surface area contributed by atoms with Crippen LogP contribution >= 0.6 is 0 Å². The summed E-state index contributed by atoms with van der Waals surface area (Å²) in [4.78, 5) is 0. The molecule has 1 rings (SSSR count). The molecule has 0 amide bonds. The van der Waals surface area contributed by atoms with Gasteiger partial charge >= 0.3 is 0 Å². The van der Waals surface area contributed by atoms with Gasteiger partial charge in [-0.25, -0.2) is 4.39 Å². The van der Waals surface area contributed by atoms with E-state index in [-0.39, 0.29) is 6.04 Å². The highest BCUT2D eigenvalue weighted by Crippen LogP contribution is 2.01. The first kappa shape index (κ1) is 6.55. The van der Waals surface area contributed by atoms with Gasteiger partial charge in [0.2, 0.25) is 0 Å². The van der Waals surface area contributed by atoms with Crippen LogP contribution in [0.15, 0.2) is 12.3 Å². The Morgan fingerprint density at radius 1 is 1.78 bits per heavy atom. The molecule has 0 aliphatic carbocycles. The minimum absolute atomic E-state index is 0.167. The molecule has 1 aliphatic heterocycles. The molecule has 0 radical (unpaired) electrons. The number of alkyl halides is 1. The van der Waals surface area contributed by atoms with Gasteiger partial charge in [-0.05, 0) is 12.5 Å². The molecule has 2 nitrogen and oxygen atoms in total. The molecule has 0 saturated carbocycles. The van der Waals surface area contributed by atoms with Crippen LogP contribution in [0.2, 0.25) is 0 Å². The fraction of sp³-hybridized carbons (Fsp3) is 0.667. The van der Waals surface area contributed by atoms with E-state index in [2.05, 4.69) is 5.32 Å². The van der Waals surface area contributed by atoms with E-state index in [1.165, 1.54) is 0 Å². The third-order valence-electron chi connectivity index (χ3n) is 1.28. The van der Waals surface area contributed by atoms with Crippen LogP contribution in [0, 0.1) is 0 Å². The van der Waals surface area contributed by atoms with Crippen LogP contribution in [0.1, 0.15) is 6.42 Å².